The van der Waals surface area contributed by atoms with Crippen molar-refractivity contribution < 1.29 is 9.53 Å². The van der Waals surface area contributed by atoms with Gasteiger partial charge in [0.2, 0.25) is 5.91 Å². The SMILES string of the molecule is CCOc1ccc(CCC2CCN(C(=O)CC3CCCC3)CC2)cc1. The van der Waals surface area contributed by atoms with Gasteiger partial charge in [-0.3, -0.25) is 4.79 Å². The van der Waals surface area contributed by atoms with Gasteiger partial charge in [0, 0.05) is 19.5 Å². The number of benzene rings is 1. The third-order valence-corrected chi connectivity index (χ3v) is 5.98. The fraction of sp³-hybridized carbons (Fsp3) is 0.682. The Morgan fingerprint density at radius 1 is 1.04 bits per heavy atom. The Balaban J connectivity index is 1.36. The van der Waals surface area contributed by atoms with Gasteiger partial charge >= 0.3 is 0 Å². The molecule has 0 N–H and O–H groups in total. The second-order valence-electron chi connectivity index (χ2n) is 7.79. The number of ether oxygens (including phenoxy) is 1. The van der Waals surface area contributed by atoms with Crippen LogP contribution in [0.25, 0.3) is 0 Å². The maximum atomic E-state index is 12.4. The molecule has 0 bridgehead atoms. The molecule has 1 aliphatic heterocycles. The fourth-order valence-corrected chi connectivity index (χ4v) is 4.35. The zero-order valence-corrected chi connectivity index (χ0v) is 15.7. The molecular formula is C22H33NO2. The molecule has 0 unspecified atom stereocenters. The van der Waals surface area contributed by atoms with Crippen LogP contribution in [0.2, 0.25) is 0 Å². The highest BCUT2D eigenvalue weighted by Gasteiger charge is 2.25. The van der Waals surface area contributed by atoms with Crippen LogP contribution in [-0.4, -0.2) is 30.5 Å². The van der Waals surface area contributed by atoms with Crippen molar-refractivity contribution in [1.29, 1.82) is 0 Å². The van der Waals surface area contributed by atoms with Crippen molar-refractivity contribution in [2.24, 2.45) is 11.8 Å². The van der Waals surface area contributed by atoms with Gasteiger partial charge in [-0.1, -0.05) is 25.0 Å². The maximum absolute atomic E-state index is 12.4. The minimum absolute atomic E-state index is 0.414. The second-order valence-corrected chi connectivity index (χ2v) is 7.79. The zero-order valence-electron chi connectivity index (χ0n) is 15.7. The van der Waals surface area contributed by atoms with E-state index in [1.807, 2.05) is 6.92 Å². The average molecular weight is 344 g/mol. The lowest BCUT2D eigenvalue weighted by atomic mass is 9.90. The standard InChI is InChI=1S/C22H33NO2/c1-2-25-21-11-9-18(10-12-21)7-8-19-13-15-23(16-14-19)22(24)17-20-5-3-4-6-20/h9-12,19-20H,2-8,13-17H2,1H3. The molecule has 2 fully saturated rings. The van der Waals surface area contributed by atoms with E-state index in [1.54, 1.807) is 0 Å². The van der Waals surface area contributed by atoms with E-state index in [9.17, 15) is 4.79 Å². The Bertz CT molecular complexity index is 525. The van der Waals surface area contributed by atoms with E-state index in [-0.39, 0.29) is 0 Å². The summed E-state index contributed by atoms with van der Waals surface area (Å²) in [7, 11) is 0. The topological polar surface area (TPSA) is 29.5 Å². The first-order chi connectivity index (χ1) is 12.2. The number of carbonyl (C=O) groups is 1. The molecule has 1 aromatic rings. The van der Waals surface area contributed by atoms with E-state index < -0.39 is 0 Å². The average Bonchev–Trinajstić information content (AvgIpc) is 3.15. The molecule has 138 valence electrons. The summed E-state index contributed by atoms with van der Waals surface area (Å²) in [5.41, 5.74) is 1.39. The molecule has 3 nitrogen and oxygen atoms in total. The lowest BCUT2D eigenvalue weighted by molar-refractivity contribution is -0.133. The highest BCUT2D eigenvalue weighted by atomic mass is 16.5. The number of hydrogen-bond donors (Lipinski definition) is 0. The minimum atomic E-state index is 0.414. The van der Waals surface area contributed by atoms with Crippen molar-refractivity contribution in [1.82, 2.24) is 4.90 Å². The Hall–Kier alpha value is -1.51. The summed E-state index contributed by atoms with van der Waals surface area (Å²) in [6.45, 7) is 4.68. The Morgan fingerprint density at radius 3 is 2.36 bits per heavy atom. The van der Waals surface area contributed by atoms with Gasteiger partial charge < -0.3 is 9.64 Å². The van der Waals surface area contributed by atoms with E-state index in [0.717, 1.165) is 44.2 Å². The lowest BCUT2D eigenvalue weighted by Crippen LogP contribution is -2.39. The summed E-state index contributed by atoms with van der Waals surface area (Å²) in [5.74, 6) is 2.81. The van der Waals surface area contributed by atoms with Gasteiger partial charge in [-0.25, -0.2) is 0 Å². The number of nitrogens with zero attached hydrogens (tertiary/aromatic N) is 1. The van der Waals surface area contributed by atoms with E-state index in [4.69, 9.17) is 4.74 Å². The van der Waals surface area contributed by atoms with Gasteiger partial charge in [0.1, 0.15) is 5.75 Å². The van der Waals surface area contributed by atoms with E-state index >= 15 is 0 Å². The molecule has 1 amide bonds. The predicted molar refractivity (Wildman–Crippen MR) is 102 cm³/mol. The third kappa shape index (κ3) is 5.49. The Kier molecular flexibility index (Phi) is 6.77. The molecule has 0 aromatic heterocycles. The molecule has 1 heterocycles. The number of piperidine rings is 1. The van der Waals surface area contributed by atoms with Gasteiger partial charge in [-0.15, -0.1) is 0 Å². The third-order valence-electron chi connectivity index (χ3n) is 5.98. The predicted octanol–water partition coefficient (Wildman–Crippen LogP) is 4.84. The molecule has 0 atom stereocenters. The van der Waals surface area contributed by atoms with Crippen molar-refractivity contribution in [3.8, 4) is 5.75 Å². The number of carbonyl (C=O) groups excluding carboxylic acids is 1. The van der Waals surface area contributed by atoms with Gasteiger partial charge in [-0.05, 0) is 75.0 Å². The summed E-state index contributed by atoms with van der Waals surface area (Å²) in [4.78, 5) is 14.6. The number of amides is 1. The molecule has 2 aliphatic rings. The fourth-order valence-electron chi connectivity index (χ4n) is 4.35. The molecule has 0 radical (unpaired) electrons. The van der Waals surface area contributed by atoms with Crippen LogP contribution in [0.3, 0.4) is 0 Å². The summed E-state index contributed by atoms with van der Waals surface area (Å²) in [6.07, 6.45) is 10.7. The van der Waals surface area contributed by atoms with Crippen molar-refractivity contribution >= 4 is 5.91 Å². The van der Waals surface area contributed by atoms with Crippen LogP contribution in [0, 0.1) is 11.8 Å². The number of aryl methyl sites for hydroxylation is 1. The lowest BCUT2D eigenvalue weighted by Gasteiger charge is -2.32. The molecule has 0 spiro atoms. The van der Waals surface area contributed by atoms with E-state index in [0.29, 0.717) is 11.8 Å². The summed E-state index contributed by atoms with van der Waals surface area (Å²) in [5, 5.41) is 0. The molecule has 1 aromatic carbocycles. The minimum Gasteiger partial charge on any atom is -0.494 e. The number of hydrogen-bond acceptors (Lipinski definition) is 2. The smallest absolute Gasteiger partial charge is 0.222 e. The number of likely N-dealkylation sites (tertiary alicyclic amines) is 1. The van der Waals surface area contributed by atoms with E-state index in [1.165, 1.54) is 50.5 Å². The first-order valence-corrected chi connectivity index (χ1v) is 10.2. The van der Waals surface area contributed by atoms with Crippen LogP contribution in [0.5, 0.6) is 5.75 Å². The highest BCUT2D eigenvalue weighted by molar-refractivity contribution is 5.76. The molecule has 1 saturated carbocycles. The molecule has 3 rings (SSSR count). The van der Waals surface area contributed by atoms with Crippen LogP contribution in [0.1, 0.15) is 63.9 Å². The molecule has 3 heteroatoms. The van der Waals surface area contributed by atoms with Crippen molar-refractivity contribution in [2.75, 3.05) is 19.7 Å². The molecule has 1 saturated heterocycles. The van der Waals surface area contributed by atoms with Gasteiger partial charge in [0.05, 0.1) is 6.61 Å². The maximum Gasteiger partial charge on any atom is 0.222 e. The molecule has 25 heavy (non-hydrogen) atoms. The van der Waals surface area contributed by atoms with Gasteiger partial charge in [-0.2, -0.15) is 0 Å². The first kappa shape index (κ1) is 18.3. The van der Waals surface area contributed by atoms with Crippen LogP contribution >= 0.6 is 0 Å². The summed E-state index contributed by atoms with van der Waals surface area (Å²) >= 11 is 0. The quantitative estimate of drug-likeness (QED) is 0.709. The van der Waals surface area contributed by atoms with E-state index in [2.05, 4.69) is 29.2 Å². The number of rotatable bonds is 7. The highest BCUT2D eigenvalue weighted by Crippen LogP contribution is 2.29. The summed E-state index contributed by atoms with van der Waals surface area (Å²) < 4.78 is 5.50. The first-order valence-electron chi connectivity index (χ1n) is 10.2. The van der Waals surface area contributed by atoms with Crippen LogP contribution in [0.15, 0.2) is 24.3 Å². The van der Waals surface area contributed by atoms with Crippen molar-refractivity contribution in [3.63, 3.8) is 0 Å². The molecule has 1 aliphatic carbocycles. The van der Waals surface area contributed by atoms with Crippen LogP contribution < -0.4 is 4.74 Å². The Labute approximate surface area is 152 Å². The van der Waals surface area contributed by atoms with Crippen LogP contribution in [0.4, 0.5) is 0 Å². The van der Waals surface area contributed by atoms with Crippen molar-refractivity contribution in [2.45, 2.75) is 64.7 Å². The summed E-state index contributed by atoms with van der Waals surface area (Å²) in [6, 6.07) is 8.52. The largest absolute Gasteiger partial charge is 0.494 e. The van der Waals surface area contributed by atoms with Crippen LogP contribution in [-0.2, 0) is 11.2 Å². The molecular weight excluding hydrogens is 310 g/mol. The normalized spacial score (nSPS) is 19.3. The zero-order chi connectivity index (χ0) is 17.5. The Morgan fingerprint density at radius 2 is 1.72 bits per heavy atom. The van der Waals surface area contributed by atoms with Gasteiger partial charge in [0.15, 0.2) is 0 Å². The van der Waals surface area contributed by atoms with Gasteiger partial charge in [0.25, 0.3) is 0 Å². The second kappa shape index (κ2) is 9.26. The van der Waals surface area contributed by atoms with Crippen molar-refractivity contribution in [3.05, 3.63) is 29.8 Å². The monoisotopic (exact) mass is 343 g/mol.